The van der Waals surface area contributed by atoms with Crippen molar-refractivity contribution in [2.45, 2.75) is 96.0 Å². The van der Waals surface area contributed by atoms with Crippen LogP contribution in [-0.2, 0) is 0 Å². The fourth-order valence-corrected chi connectivity index (χ4v) is 2.38. The van der Waals surface area contributed by atoms with Crippen LogP contribution in [0.5, 0.6) is 0 Å². The van der Waals surface area contributed by atoms with Crippen LogP contribution in [0.15, 0.2) is 0 Å². The van der Waals surface area contributed by atoms with Gasteiger partial charge in [0.2, 0.25) is 0 Å². The largest absolute Gasteiger partial charge is 0.392 e. The zero-order chi connectivity index (χ0) is 12.9. The molecular formula is C15H31ClO. The molecule has 0 radical (unpaired) electrons. The molecule has 0 saturated carbocycles. The monoisotopic (exact) mass is 262 g/mol. The Balaban J connectivity index is 3.34. The predicted molar refractivity (Wildman–Crippen MR) is 77.8 cm³/mol. The molecule has 0 aliphatic carbocycles. The first kappa shape index (κ1) is 17.2. The molecule has 104 valence electrons. The fraction of sp³-hybridized carbons (Fsp3) is 1.00. The molecule has 0 spiro atoms. The van der Waals surface area contributed by atoms with Gasteiger partial charge in [0, 0.05) is 0 Å². The lowest BCUT2D eigenvalue weighted by Crippen LogP contribution is -2.20. The second-order valence-corrected chi connectivity index (χ2v) is 5.70. The van der Waals surface area contributed by atoms with Crippen molar-refractivity contribution < 1.29 is 5.11 Å². The van der Waals surface area contributed by atoms with E-state index in [4.69, 9.17) is 11.6 Å². The van der Waals surface area contributed by atoms with Gasteiger partial charge in [0.1, 0.15) is 0 Å². The smallest absolute Gasteiger partial charge is 0.0703 e. The number of aliphatic hydroxyl groups is 1. The average molecular weight is 263 g/mol. The van der Waals surface area contributed by atoms with Crippen molar-refractivity contribution in [2.75, 3.05) is 0 Å². The molecule has 2 atom stereocenters. The van der Waals surface area contributed by atoms with Gasteiger partial charge in [0.25, 0.3) is 0 Å². The summed E-state index contributed by atoms with van der Waals surface area (Å²) in [4.78, 5) is 0. The maximum absolute atomic E-state index is 9.85. The Hall–Kier alpha value is 0.250. The van der Waals surface area contributed by atoms with Crippen molar-refractivity contribution in [3.63, 3.8) is 0 Å². The molecular weight excluding hydrogens is 232 g/mol. The summed E-state index contributed by atoms with van der Waals surface area (Å²) < 4.78 is 0. The Morgan fingerprint density at radius 1 is 0.765 bits per heavy atom. The highest BCUT2D eigenvalue weighted by molar-refractivity contribution is 6.21. The molecule has 1 nitrogen and oxygen atoms in total. The Morgan fingerprint density at radius 3 is 1.88 bits per heavy atom. The van der Waals surface area contributed by atoms with Crippen LogP contribution in [0.2, 0.25) is 0 Å². The number of halogens is 1. The van der Waals surface area contributed by atoms with Crippen molar-refractivity contribution in [3.05, 3.63) is 0 Å². The summed E-state index contributed by atoms with van der Waals surface area (Å²) in [7, 11) is 0. The van der Waals surface area contributed by atoms with Gasteiger partial charge in [0.15, 0.2) is 0 Å². The first-order chi connectivity index (χ1) is 8.22. The molecule has 0 amide bonds. The number of hydrogen-bond donors (Lipinski definition) is 1. The highest BCUT2D eigenvalue weighted by atomic mass is 35.5. The van der Waals surface area contributed by atoms with Crippen LogP contribution in [0.3, 0.4) is 0 Å². The molecule has 0 rings (SSSR count). The van der Waals surface area contributed by atoms with Crippen molar-refractivity contribution in [1.29, 1.82) is 0 Å². The van der Waals surface area contributed by atoms with E-state index in [-0.39, 0.29) is 11.5 Å². The number of rotatable bonds is 12. The van der Waals surface area contributed by atoms with Crippen LogP contribution >= 0.6 is 11.6 Å². The standard InChI is InChI=1S/C15H31ClO/c1-3-5-7-8-9-11-12-14(16)15(17)13-10-6-4-2/h14-15,17H,3-13H2,1-2H3. The zero-order valence-electron chi connectivity index (χ0n) is 11.8. The third kappa shape index (κ3) is 11.1. The molecule has 0 aromatic rings. The van der Waals surface area contributed by atoms with Gasteiger partial charge in [-0.3, -0.25) is 0 Å². The Labute approximate surface area is 113 Å². The van der Waals surface area contributed by atoms with Gasteiger partial charge in [0.05, 0.1) is 11.5 Å². The maximum Gasteiger partial charge on any atom is 0.0703 e. The first-order valence-corrected chi connectivity index (χ1v) is 7.98. The quantitative estimate of drug-likeness (QED) is 0.374. The van der Waals surface area contributed by atoms with Crippen LogP contribution < -0.4 is 0 Å². The molecule has 0 aromatic heterocycles. The van der Waals surface area contributed by atoms with E-state index in [0.717, 1.165) is 19.3 Å². The average Bonchev–Trinajstić information content (AvgIpc) is 2.33. The molecule has 0 fully saturated rings. The predicted octanol–water partition coefficient (Wildman–Crippen LogP) is 5.29. The Morgan fingerprint density at radius 2 is 1.24 bits per heavy atom. The van der Waals surface area contributed by atoms with E-state index < -0.39 is 0 Å². The van der Waals surface area contributed by atoms with Gasteiger partial charge in [-0.2, -0.15) is 0 Å². The highest BCUT2D eigenvalue weighted by Crippen LogP contribution is 2.18. The summed E-state index contributed by atoms with van der Waals surface area (Å²) >= 11 is 6.20. The summed E-state index contributed by atoms with van der Waals surface area (Å²) in [6, 6.07) is 0. The summed E-state index contributed by atoms with van der Waals surface area (Å²) in [5, 5.41) is 9.82. The van der Waals surface area contributed by atoms with Gasteiger partial charge in [-0.1, -0.05) is 71.6 Å². The molecule has 2 unspecified atom stereocenters. The fourth-order valence-electron chi connectivity index (χ4n) is 2.10. The molecule has 1 N–H and O–H groups in total. The van der Waals surface area contributed by atoms with Crippen LogP contribution in [-0.4, -0.2) is 16.6 Å². The molecule has 2 heteroatoms. The molecule has 0 bridgehead atoms. The van der Waals surface area contributed by atoms with E-state index in [1.54, 1.807) is 0 Å². The third-order valence-electron chi connectivity index (χ3n) is 3.35. The van der Waals surface area contributed by atoms with Gasteiger partial charge in [-0.25, -0.2) is 0 Å². The molecule has 0 aromatic carbocycles. The zero-order valence-corrected chi connectivity index (χ0v) is 12.5. The Kier molecular flexibility index (Phi) is 12.9. The van der Waals surface area contributed by atoms with Crippen molar-refractivity contribution in [2.24, 2.45) is 0 Å². The molecule has 0 aliphatic heterocycles. The Bertz CT molecular complexity index is 150. The van der Waals surface area contributed by atoms with Crippen LogP contribution in [0, 0.1) is 0 Å². The van der Waals surface area contributed by atoms with Crippen molar-refractivity contribution in [3.8, 4) is 0 Å². The summed E-state index contributed by atoms with van der Waals surface area (Å²) in [5.41, 5.74) is 0. The van der Waals surface area contributed by atoms with E-state index in [1.807, 2.05) is 0 Å². The molecule has 0 aliphatic rings. The number of alkyl halides is 1. The minimum absolute atomic E-state index is 0.0296. The van der Waals surface area contributed by atoms with Crippen LogP contribution in [0.25, 0.3) is 0 Å². The third-order valence-corrected chi connectivity index (χ3v) is 3.86. The van der Waals surface area contributed by atoms with Gasteiger partial charge < -0.3 is 5.11 Å². The van der Waals surface area contributed by atoms with E-state index in [2.05, 4.69) is 13.8 Å². The minimum atomic E-state index is -0.293. The van der Waals surface area contributed by atoms with Crippen molar-refractivity contribution >= 4 is 11.6 Å². The first-order valence-electron chi connectivity index (χ1n) is 7.54. The van der Waals surface area contributed by atoms with Crippen LogP contribution in [0.1, 0.15) is 84.5 Å². The number of aliphatic hydroxyl groups excluding tert-OH is 1. The summed E-state index contributed by atoms with van der Waals surface area (Å²) in [6.07, 6.45) is 12.8. The lowest BCUT2D eigenvalue weighted by atomic mass is 10.0. The van der Waals surface area contributed by atoms with Gasteiger partial charge >= 0.3 is 0 Å². The maximum atomic E-state index is 9.85. The molecule has 0 heterocycles. The van der Waals surface area contributed by atoms with Crippen molar-refractivity contribution in [1.82, 2.24) is 0 Å². The number of unbranched alkanes of at least 4 members (excludes halogenated alkanes) is 7. The molecule has 17 heavy (non-hydrogen) atoms. The summed E-state index contributed by atoms with van der Waals surface area (Å²) in [6.45, 7) is 4.42. The van der Waals surface area contributed by atoms with Gasteiger partial charge in [-0.15, -0.1) is 11.6 Å². The topological polar surface area (TPSA) is 20.2 Å². The summed E-state index contributed by atoms with van der Waals surface area (Å²) in [5.74, 6) is 0. The van der Waals surface area contributed by atoms with E-state index >= 15 is 0 Å². The SMILES string of the molecule is CCCCCCCCC(Cl)C(O)CCCCC. The highest BCUT2D eigenvalue weighted by Gasteiger charge is 2.15. The second-order valence-electron chi connectivity index (χ2n) is 5.14. The number of hydrogen-bond acceptors (Lipinski definition) is 1. The minimum Gasteiger partial charge on any atom is -0.392 e. The van der Waals surface area contributed by atoms with E-state index in [1.165, 1.54) is 51.4 Å². The van der Waals surface area contributed by atoms with Gasteiger partial charge in [-0.05, 0) is 12.8 Å². The normalized spacial score (nSPS) is 14.8. The van der Waals surface area contributed by atoms with E-state index in [0.29, 0.717) is 0 Å². The molecule has 0 saturated heterocycles. The van der Waals surface area contributed by atoms with E-state index in [9.17, 15) is 5.11 Å². The van der Waals surface area contributed by atoms with Crippen LogP contribution in [0.4, 0.5) is 0 Å². The lowest BCUT2D eigenvalue weighted by molar-refractivity contribution is 0.151. The lowest BCUT2D eigenvalue weighted by Gasteiger charge is -2.16. The second kappa shape index (κ2) is 12.7.